The summed E-state index contributed by atoms with van der Waals surface area (Å²) in [7, 11) is 0. The molecule has 0 saturated heterocycles. The van der Waals surface area contributed by atoms with Gasteiger partial charge in [0.2, 0.25) is 0 Å². The molecule has 1 aliphatic heterocycles. The third-order valence-corrected chi connectivity index (χ3v) is 6.16. The van der Waals surface area contributed by atoms with Gasteiger partial charge in [-0.05, 0) is 24.5 Å². The highest BCUT2D eigenvalue weighted by atomic mass is 35.5. The minimum absolute atomic E-state index is 0.0128. The zero-order valence-electron chi connectivity index (χ0n) is 14.1. The van der Waals surface area contributed by atoms with E-state index in [1.54, 1.807) is 10.6 Å². The van der Waals surface area contributed by atoms with Crippen LogP contribution >= 0.6 is 23.2 Å². The van der Waals surface area contributed by atoms with Gasteiger partial charge in [0.15, 0.2) is 5.65 Å². The lowest BCUT2D eigenvalue weighted by Crippen LogP contribution is -2.36. The van der Waals surface area contributed by atoms with E-state index in [0.29, 0.717) is 29.1 Å². The molecule has 1 saturated carbocycles. The highest BCUT2D eigenvalue weighted by Gasteiger charge is 2.28. The summed E-state index contributed by atoms with van der Waals surface area (Å²) in [4.78, 5) is 19.9. The van der Waals surface area contributed by atoms with Crippen molar-refractivity contribution >= 4 is 28.8 Å². The monoisotopic (exact) mass is 388 g/mol. The second kappa shape index (κ2) is 6.12. The van der Waals surface area contributed by atoms with Crippen LogP contribution in [0, 0.1) is 0 Å². The topological polar surface area (TPSA) is 53.4 Å². The number of hydrogen-bond acceptors (Lipinski definition) is 3. The van der Waals surface area contributed by atoms with Crippen molar-refractivity contribution in [1.29, 1.82) is 0 Å². The van der Waals surface area contributed by atoms with Gasteiger partial charge in [0.1, 0.15) is 0 Å². The van der Waals surface area contributed by atoms with Crippen LogP contribution in [0.15, 0.2) is 29.1 Å². The van der Waals surface area contributed by atoms with Gasteiger partial charge in [0.05, 0.1) is 21.3 Å². The van der Waals surface area contributed by atoms with Crippen molar-refractivity contribution in [2.75, 3.05) is 6.54 Å². The van der Waals surface area contributed by atoms with E-state index in [4.69, 9.17) is 28.2 Å². The molecule has 1 N–H and O–H groups in total. The van der Waals surface area contributed by atoms with Gasteiger partial charge in [0.25, 0.3) is 5.56 Å². The molecule has 134 valence electrons. The van der Waals surface area contributed by atoms with E-state index in [0.717, 1.165) is 41.1 Å². The summed E-state index contributed by atoms with van der Waals surface area (Å²) < 4.78 is 1.60. The first-order valence-electron chi connectivity index (χ1n) is 8.89. The molecule has 0 unspecified atom stereocenters. The molecular weight excluding hydrogens is 371 g/mol. The number of benzene rings is 1. The fourth-order valence-electron chi connectivity index (χ4n) is 3.71. The number of rotatable bonds is 3. The normalized spacial score (nSPS) is 17.6. The molecule has 0 radical (unpaired) electrons. The highest BCUT2D eigenvalue weighted by Crippen LogP contribution is 2.39. The van der Waals surface area contributed by atoms with Crippen LogP contribution in [0.2, 0.25) is 10.0 Å². The first kappa shape index (κ1) is 16.4. The smallest absolute Gasteiger partial charge is 0.277 e. The number of nitrogens with zero attached hydrogens (tertiary/aromatic N) is 3. The second-order valence-electron chi connectivity index (χ2n) is 7.20. The predicted octanol–water partition coefficient (Wildman–Crippen LogP) is 3.77. The lowest BCUT2D eigenvalue weighted by atomic mass is 10.1. The van der Waals surface area contributed by atoms with Crippen LogP contribution in [0.4, 0.5) is 0 Å². The zero-order chi connectivity index (χ0) is 17.8. The Kier molecular flexibility index (Phi) is 3.85. The molecule has 3 heterocycles. The largest absolute Gasteiger partial charge is 0.294 e. The van der Waals surface area contributed by atoms with Gasteiger partial charge in [-0.1, -0.05) is 35.3 Å². The average Bonchev–Trinajstić information content (AvgIpc) is 3.40. The van der Waals surface area contributed by atoms with E-state index in [-0.39, 0.29) is 5.56 Å². The summed E-state index contributed by atoms with van der Waals surface area (Å²) >= 11 is 12.4. The molecule has 2 aromatic heterocycles. The fourth-order valence-corrected chi connectivity index (χ4v) is 4.09. The van der Waals surface area contributed by atoms with Crippen LogP contribution in [0.3, 0.4) is 0 Å². The standard InChI is InChI=1S/C19H18Cl2N4O/c20-14-3-1-2-12(18(14)21)9-24-7-6-15-13(10-24)19(26)25-17(22-15)8-16(23-25)11-4-5-11/h1-3,8,11,23H,4-7,9-10H2. The van der Waals surface area contributed by atoms with Crippen LogP contribution in [-0.2, 0) is 19.5 Å². The lowest BCUT2D eigenvalue weighted by molar-refractivity contribution is 0.241. The zero-order valence-corrected chi connectivity index (χ0v) is 15.6. The average molecular weight is 389 g/mol. The van der Waals surface area contributed by atoms with E-state index < -0.39 is 0 Å². The van der Waals surface area contributed by atoms with E-state index in [9.17, 15) is 4.79 Å². The van der Waals surface area contributed by atoms with Crippen LogP contribution in [0.1, 0.15) is 41.3 Å². The van der Waals surface area contributed by atoms with Crippen molar-refractivity contribution < 1.29 is 0 Å². The van der Waals surface area contributed by atoms with E-state index in [1.165, 1.54) is 12.8 Å². The molecule has 1 fully saturated rings. The Labute approximate surface area is 160 Å². The first-order chi connectivity index (χ1) is 12.6. The van der Waals surface area contributed by atoms with Gasteiger partial charge >= 0.3 is 0 Å². The van der Waals surface area contributed by atoms with Crippen molar-refractivity contribution in [2.24, 2.45) is 0 Å². The molecule has 1 aliphatic carbocycles. The van der Waals surface area contributed by atoms with Gasteiger partial charge in [0, 0.05) is 43.7 Å². The molecule has 5 rings (SSSR count). The molecule has 5 nitrogen and oxygen atoms in total. The minimum atomic E-state index is 0.0128. The summed E-state index contributed by atoms with van der Waals surface area (Å²) in [5, 5.41) is 4.39. The Morgan fingerprint density at radius 1 is 1.27 bits per heavy atom. The number of halogens is 2. The van der Waals surface area contributed by atoms with Crippen molar-refractivity contribution in [3.8, 4) is 0 Å². The first-order valence-corrected chi connectivity index (χ1v) is 9.64. The number of hydrogen-bond donors (Lipinski definition) is 1. The highest BCUT2D eigenvalue weighted by molar-refractivity contribution is 6.42. The number of fused-ring (bicyclic) bond motifs is 2. The van der Waals surface area contributed by atoms with Crippen LogP contribution in [-0.4, -0.2) is 26.0 Å². The van der Waals surface area contributed by atoms with Gasteiger partial charge in [-0.15, -0.1) is 0 Å². The minimum Gasteiger partial charge on any atom is -0.294 e. The Morgan fingerprint density at radius 3 is 2.92 bits per heavy atom. The van der Waals surface area contributed by atoms with Crippen LogP contribution in [0.25, 0.3) is 5.65 Å². The summed E-state index contributed by atoms with van der Waals surface area (Å²) in [6, 6.07) is 7.69. The molecule has 2 aliphatic rings. The van der Waals surface area contributed by atoms with E-state index >= 15 is 0 Å². The quantitative estimate of drug-likeness (QED) is 0.742. The van der Waals surface area contributed by atoms with Crippen molar-refractivity contribution in [1.82, 2.24) is 19.5 Å². The van der Waals surface area contributed by atoms with E-state index in [1.807, 2.05) is 18.2 Å². The third-order valence-electron chi connectivity index (χ3n) is 5.30. The Balaban J connectivity index is 1.47. The molecule has 3 aromatic rings. The Morgan fingerprint density at radius 2 is 2.12 bits per heavy atom. The van der Waals surface area contributed by atoms with Gasteiger partial charge < -0.3 is 0 Å². The maximum absolute atomic E-state index is 13.0. The number of nitrogens with one attached hydrogen (secondary N) is 1. The summed E-state index contributed by atoms with van der Waals surface area (Å²) in [6.45, 7) is 2.09. The molecule has 0 atom stereocenters. The molecular formula is C19H18Cl2N4O. The molecule has 26 heavy (non-hydrogen) atoms. The number of aromatic nitrogens is 3. The maximum atomic E-state index is 13.0. The molecule has 0 bridgehead atoms. The lowest BCUT2D eigenvalue weighted by Gasteiger charge is -2.28. The molecule has 1 aromatic carbocycles. The Hall–Kier alpha value is -1.82. The summed E-state index contributed by atoms with van der Waals surface area (Å²) in [5.41, 5.74) is 4.55. The van der Waals surface area contributed by atoms with Gasteiger partial charge in [-0.25, -0.2) is 9.50 Å². The molecule has 0 spiro atoms. The van der Waals surface area contributed by atoms with Gasteiger partial charge in [-0.3, -0.25) is 14.8 Å². The van der Waals surface area contributed by atoms with Gasteiger partial charge in [-0.2, -0.15) is 0 Å². The van der Waals surface area contributed by atoms with Crippen molar-refractivity contribution in [2.45, 2.75) is 38.3 Å². The maximum Gasteiger partial charge on any atom is 0.277 e. The van der Waals surface area contributed by atoms with Crippen LogP contribution in [0.5, 0.6) is 0 Å². The van der Waals surface area contributed by atoms with Crippen LogP contribution < -0.4 is 5.56 Å². The summed E-state index contributed by atoms with van der Waals surface area (Å²) in [5.74, 6) is 0.564. The predicted molar refractivity (Wildman–Crippen MR) is 102 cm³/mol. The molecule has 7 heteroatoms. The number of H-pyrrole nitrogens is 1. The molecule has 0 amide bonds. The third kappa shape index (κ3) is 2.75. The van der Waals surface area contributed by atoms with E-state index in [2.05, 4.69) is 10.00 Å². The SMILES string of the molecule is O=c1c2c(nc3cc(C4CC4)[nH]n13)CCN(Cc1cccc(Cl)c1Cl)C2. The Bertz CT molecular complexity index is 1070. The fraction of sp³-hybridized carbons (Fsp3) is 0.368. The van der Waals surface area contributed by atoms with Crippen molar-refractivity contribution in [3.63, 3.8) is 0 Å². The second-order valence-corrected chi connectivity index (χ2v) is 7.98. The summed E-state index contributed by atoms with van der Waals surface area (Å²) in [6.07, 6.45) is 3.15. The number of aromatic amines is 1. The van der Waals surface area contributed by atoms with Crippen molar-refractivity contribution in [3.05, 3.63) is 67.2 Å².